The quantitative estimate of drug-likeness (QED) is 0.408. The van der Waals surface area contributed by atoms with E-state index in [1.54, 1.807) is 43.5 Å². The molecule has 2 aromatic carbocycles. The van der Waals surface area contributed by atoms with Crippen LogP contribution in [0, 0.1) is 18.3 Å². The molecule has 7 nitrogen and oxygen atoms in total. The number of hydrogen-bond acceptors (Lipinski definition) is 7. The molecule has 0 aliphatic heterocycles. The molecule has 0 aliphatic rings. The largest absolute Gasteiger partial charge is 0.496 e. The van der Waals surface area contributed by atoms with E-state index >= 15 is 0 Å². The standard InChI is InChI=1S/C24H19N3O4S/c1-15-7-9-21(29-2)18(11-15)19-14-32-24(26-19)27-23(28)22-10-8-17(31-22)13-30-20-6-4-3-5-16(20)12-25/h3-11,14H,13H2,1-2H3,(H,26,27,28). The van der Waals surface area contributed by atoms with Crippen molar-refractivity contribution in [3.05, 3.63) is 82.6 Å². The highest BCUT2D eigenvalue weighted by molar-refractivity contribution is 7.14. The highest BCUT2D eigenvalue weighted by Gasteiger charge is 2.16. The molecule has 2 heterocycles. The Labute approximate surface area is 188 Å². The summed E-state index contributed by atoms with van der Waals surface area (Å²) in [6, 6.07) is 18.1. The number of rotatable bonds is 7. The van der Waals surface area contributed by atoms with Gasteiger partial charge in [0.2, 0.25) is 0 Å². The van der Waals surface area contributed by atoms with Crippen molar-refractivity contribution in [2.24, 2.45) is 0 Å². The Morgan fingerprint density at radius 3 is 2.84 bits per heavy atom. The summed E-state index contributed by atoms with van der Waals surface area (Å²) in [6.07, 6.45) is 0. The molecule has 0 saturated heterocycles. The number of nitrogens with zero attached hydrogens (tertiary/aromatic N) is 2. The van der Waals surface area contributed by atoms with Crippen LogP contribution in [-0.4, -0.2) is 18.0 Å². The van der Waals surface area contributed by atoms with Crippen LogP contribution >= 0.6 is 11.3 Å². The zero-order valence-electron chi connectivity index (χ0n) is 17.4. The number of benzene rings is 2. The van der Waals surface area contributed by atoms with Crippen molar-refractivity contribution >= 4 is 22.4 Å². The van der Waals surface area contributed by atoms with Gasteiger partial charge in [-0.15, -0.1) is 11.3 Å². The predicted octanol–water partition coefficient (Wildman–Crippen LogP) is 5.42. The van der Waals surface area contributed by atoms with E-state index in [2.05, 4.69) is 16.4 Å². The van der Waals surface area contributed by atoms with E-state index in [-0.39, 0.29) is 12.4 Å². The number of amides is 1. The molecular formula is C24H19N3O4S. The number of anilines is 1. The molecule has 1 N–H and O–H groups in total. The predicted molar refractivity (Wildman–Crippen MR) is 121 cm³/mol. The van der Waals surface area contributed by atoms with Gasteiger partial charge in [0.1, 0.15) is 29.9 Å². The second-order valence-electron chi connectivity index (χ2n) is 6.86. The number of aromatic nitrogens is 1. The van der Waals surface area contributed by atoms with Gasteiger partial charge in [0, 0.05) is 10.9 Å². The van der Waals surface area contributed by atoms with Crippen LogP contribution in [0.2, 0.25) is 0 Å². The Morgan fingerprint density at radius 1 is 1.19 bits per heavy atom. The highest BCUT2D eigenvalue weighted by atomic mass is 32.1. The van der Waals surface area contributed by atoms with Crippen molar-refractivity contribution in [2.45, 2.75) is 13.5 Å². The first kappa shape index (κ1) is 21.2. The fraction of sp³-hybridized carbons (Fsp3) is 0.125. The molecule has 1 amide bonds. The molecule has 0 radical (unpaired) electrons. The maximum Gasteiger partial charge on any atom is 0.293 e. The van der Waals surface area contributed by atoms with Gasteiger partial charge in [-0.25, -0.2) is 4.98 Å². The molecule has 4 aromatic rings. The molecule has 0 fully saturated rings. The number of carbonyl (C=O) groups excluding carboxylic acids is 1. The molecule has 0 unspecified atom stereocenters. The fourth-order valence-corrected chi connectivity index (χ4v) is 3.75. The number of thiazole rings is 1. The summed E-state index contributed by atoms with van der Waals surface area (Å²) < 4.78 is 16.7. The Balaban J connectivity index is 1.42. The molecule has 0 atom stereocenters. The minimum Gasteiger partial charge on any atom is -0.496 e. The summed E-state index contributed by atoms with van der Waals surface area (Å²) in [5, 5.41) is 14.2. The summed E-state index contributed by atoms with van der Waals surface area (Å²) in [5.41, 5.74) is 3.10. The Morgan fingerprint density at radius 2 is 2.03 bits per heavy atom. The SMILES string of the molecule is COc1ccc(C)cc1-c1csc(NC(=O)c2ccc(COc3ccccc3C#N)o2)n1. The van der Waals surface area contributed by atoms with Gasteiger partial charge in [-0.05, 0) is 43.3 Å². The molecule has 32 heavy (non-hydrogen) atoms. The number of hydrogen-bond donors (Lipinski definition) is 1. The minimum absolute atomic E-state index is 0.0977. The Bertz CT molecular complexity index is 1300. The number of ether oxygens (including phenoxy) is 2. The van der Waals surface area contributed by atoms with Gasteiger partial charge in [0.25, 0.3) is 5.91 Å². The minimum atomic E-state index is -0.411. The van der Waals surface area contributed by atoms with Crippen LogP contribution in [0.5, 0.6) is 11.5 Å². The summed E-state index contributed by atoms with van der Waals surface area (Å²) >= 11 is 1.32. The first-order valence-corrected chi connectivity index (χ1v) is 10.6. The van der Waals surface area contributed by atoms with E-state index in [1.165, 1.54) is 11.3 Å². The molecule has 160 valence electrons. The lowest BCUT2D eigenvalue weighted by molar-refractivity contribution is 0.0992. The molecule has 4 rings (SSSR count). The number of para-hydroxylation sites is 1. The van der Waals surface area contributed by atoms with Crippen molar-refractivity contribution in [2.75, 3.05) is 12.4 Å². The molecule has 0 saturated carbocycles. The van der Waals surface area contributed by atoms with Crippen LogP contribution in [0.25, 0.3) is 11.3 Å². The van der Waals surface area contributed by atoms with Crippen molar-refractivity contribution in [3.63, 3.8) is 0 Å². The summed E-state index contributed by atoms with van der Waals surface area (Å²) in [6.45, 7) is 2.09. The smallest absolute Gasteiger partial charge is 0.293 e. The third kappa shape index (κ3) is 4.63. The molecule has 8 heteroatoms. The Hall–Kier alpha value is -4.09. The summed E-state index contributed by atoms with van der Waals surface area (Å²) in [7, 11) is 1.61. The summed E-state index contributed by atoms with van der Waals surface area (Å²) in [5.74, 6) is 1.37. The average Bonchev–Trinajstić information content (AvgIpc) is 3.47. The third-order valence-corrected chi connectivity index (χ3v) is 5.38. The lowest BCUT2D eigenvalue weighted by Crippen LogP contribution is -2.10. The fourth-order valence-electron chi connectivity index (χ4n) is 3.05. The van der Waals surface area contributed by atoms with Gasteiger partial charge in [0.15, 0.2) is 10.9 Å². The van der Waals surface area contributed by atoms with Gasteiger partial charge < -0.3 is 13.9 Å². The van der Waals surface area contributed by atoms with Crippen LogP contribution in [0.15, 0.2) is 64.4 Å². The van der Waals surface area contributed by atoms with Crippen molar-refractivity contribution in [1.29, 1.82) is 5.26 Å². The van der Waals surface area contributed by atoms with E-state index < -0.39 is 5.91 Å². The van der Waals surface area contributed by atoms with Crippen LogP contribution < -0.4 is 14.8 Å². The van der Waals surface area contributed by atoms with Gasteiger partial charge in [0.05, 0.1) is 18.4 Å². The van der Waals surface area contributed by atoms with Crippen LogP contribution in [0.1, 0.15) is 27.4 Å². The number of methoxy groups -OCH3 is 1. The first-order valence-electron chi connectivity index (χ1n) is 9.70. The lowest BCUT2D eigenvalue weighted by atomic mass is 10.1. The number of aryl methyl sites for hydroxylation is 1. The molecule has 2 aromatic heterocycles. The first-order chi connectivity index (χ1) is 15.6. The number of nitriles is 1. The molecular weight excluding hydrogens is 426 g/mol. The molecule has 0 spiro atoms. The van der Waals surface area contributed by atoms with E-state index in [9.17, 15) is 4.79 Å². The molecule has 0 aliphatic carbocycles. The summed E-state index contributed by atoms with van der Waals surface area (Å²) in [4.78, 5) is 17.1. The highest BCUT2D eigenvalue weighted by Crippen LogP contribution is 2.33. The zero-order valence-corrected chi connectivity index (χ0v) is 18.2. The van der Waals surface area contributed by atoms with E-state index in [0.717, 1.165) is 16.8 Å². The normalized spacial score (nSPS) is 10.4. The van der Waals surface area contributed by atoms with Crippen LogP contribution in [0.3, 0.4) is 0 Å². The second-order valence-corrected chi connectivity index (χ2v) is 7.72. The number of carbonyl (C=O) groups is 1. The van der Waals surface area contributed by atoms with Crippen LogP contribution in [-0.2, 0) is 6.61 Å². The average molecular weight is 446 g/mol. The number of nitrogens with one attached hydrogen (secondary N) is 1. The van der Waals surface area contributed by atoms with E-state index in [4.69, 9.17) is 19.2 Å². The van der Waals surface area contributed by atoms with E-state index in [1.807, 2.05) is 30.5 Å². The lowest BCUT2D eigenvalue weighted by Gasteiger charge is -2.07. The maximum absolute atomic E-state index is 12.6. The van der Waals surface area contributed by atoms with Crippen LogP contribution in [0.4, 0.5) is 5.13 Å². The van der Waals surface area contributed by atoms with Gasteiger partial charge >= 0.3 is 0 Å². The van der Waals surface area contributed by atoms with Crippen molar-refractivity contribution in [3.8, 4) is 28.8 Å². The van der Waals surface area contributed by atoms with Gasteiger partial charge in [-0.1, -0.05) is 23.8 Å². The Kier molecular flexibility index (Phi) is 6.19. The third-order valence-electron chi connectivity index (χ3n) is 4.62. The number of furan rings is 1. The van der Waals surface area contributed by atoms with Gasteiger partial charge in [-0.3, -0.25) is 10.1 Å². The monoisotopic (exact) mass is 445 g/mol. The molecule has 0 bridgehead atoms. The van der Waals surface area contributed by atoms with Gasteiger partial charge in [-0.2, -0.15) is 5.26 Å². The second kappa shape index (κ2) is 9.37. The van der Waals surface area contributed by atoms with Crippen molar-refractivity contribution in [1.82, 2.24) is 4.98 Å². The zero-order chi connectivity index (χ0) is 22.5. The topological polar surface area (TPSA) is 97.4 Å². The van der Waals surface area contributed by atoms with E-state index in [0.29, 0.717) is 28.0 Å². The van der Waals surface area contributed by atoms with Crippen molar-refractivity contribution < 1.29 is 18.7 Å². The maximum atomic E-state index is 12.6.